The maximum Gasteiger partial charge on any atom is 0.433 e. The lowest BCUT2D eigenvalue weighted by Crippen LogP contribution is -2.29. The lowest BCUT2D eigenvalue weighted by atomic mass is 10.1. The third-order valence-corrected chi connectivity index (χ3v) is 3.87. The van der Waals surface area contributed by atoms with Crippen molar-refractivity contribution >= 4 is 22.7 Å². The number of nitrogens with two attached hydrogens (primary N) is 1. The molecule has 2 N–H and O–H groups in total. The fourth-order valence-corrected chi connectivity index (χ4v) is 2.55. The number of nitrogen functional groups attached to an aromatic ring is 1. The summed E-state index contributed by atoms with van der Waals surface area (Å²) in [6, 6.07) is 4.81. The van der Waals surface area contributed by atoms with Gasteiger partial charge in [0.15, 0.2) is 5.65 Å². The van der Waals surface area contributed by atoms with Crippen LogP contribution in [0.2, 0.25) is 0 Å². The van der Waals surface area contributed by atoms with E-state index in [-0.39, 0.29) is 22.5 Å². The van der Waals surface area contributed by atoms with Gasteiger partial charge in [-0.3, -0.25) is 4.79 Å². The lowest BCUT2D eigenvalue weighted by Gasteiger charge is -2.15. The van der Waals surface area contributed by atoms with Crippen molar-refractivity contribution in [3.63, 3.8) is 0 Å². The Balaban J connectivity index is 2.50. The highest BCUT2D eigenvalue weighted by atomic mass is 19.4. The van der Waals surface area contributed by atoms with Crippen molar-refractivity contribution in [2.75, 3.05) is 12.8 Å². The quantitative estimate of drug-likeness (QED) is 0.688. The molecule has 0 spiro atoms. The first-order chi connectivity index (χ1) is 12.6. The molecule has 0 radical (unpaired) electrons. The van der Waals surface area contributed by atoms with Crippen molar-refractivity contribution in [2.24, 2.45) is 0 Å². The van der Waals surface area contributed by atoms with E-state index in [2.05, 4.69) is 14.7 Å². The van der Waals surface area contributed by atoms with E-state index in [1.165, 1.54) is 12.3 Å². The standard InChI is InChI=1S/C17H13F3N4O3/c1-8-3-6-11(22-7-8)24-14-9(4-5-10(23-14)17(18,19)20)13(21)12(15(24)25)16(26)27-2/h3-7H,21H2,1-2H3. The number of halogens is 3. The molecule has 0 aromatic carbocycles. The Labute approximate surface area is 150 Å². The average Bonchev–Trinajstić information content (AvgIpc) is 2.62. The van der Waals surface area contributed by atoms with Crippen LogP contribution in [0.15, 0.2) is 35.3 Å². The van der Waals surface area contributed by atoms with Gasteiger partial charge < -0.3 is 10.5 Å². The zero-order chi connectivity index (χ0) is 19.9. The summed E-state index contributed by atoms with van der Waals surface area (Å²) in [6.07, 6.45) is -3.30. The summed E-state index contributed by atoms with van der Waals surface area (Å²) in [4.78, 5) is 32.5. The second-order valence-electron chi connectivity index (χ2n) is 5.68. The number of aryl methyl sites for hydroxylation is 1. The third-order valence-electron chi connectivity index (χ3n) is 3.87. The van der Waals surface area contributed by atoms with Crippen LogP contribution in [0.3, 0.4) is 0 Å². The van der Waals surface area contributed by atoms with E-state index in [1.807, 2.05) is 0 Å². The molecule has 0 aliphatic rings. The Morgan fingerprint density at radius 1 is 1.22 bits per heavy atom. The van der Waals surface area contributed by atoms with Crippen LogP contribution in [0.1, 0.15) is 21.6 Å². The Morgan fingerprint density at radius 3 is 2.48 bits per heavy atom. The second kappa shape index (κ2) is 6.38. The van der Waals surface area contributed by atoms with Crippen LogP contribution in [-0.4, -0.2) is 27.6 Å². The van der Waals surface area contributed by atoms with Crippen molar-refractivity contribution in [1.82, 2.24) is 14.5 Å². The molecule has 0 fully saturated rings. The number of nitrogens with zero attached hydrogens (tertiary/aromatic N) is 3. The number of anilines is 1. The minimum absolute atomic E-state index is 0.00687. The number of alkyl halides is 3. The molecule has 7 nitrogen and oxygen atoms in total. The van der Waals surface area contributed by atoms with Crippen LogP contribution in [0.25, 0.3) is 16.9 Å². The predicted octanol–water partition coefficient (Wildman–Crippen LogP) is 2.48. The van der Waals surface area contributed by atoms with E-state index in [0.29, 0.717) is 0 Å². The number of fused-ring (bicyclic) bond motifs is 1. The Bertz CT molecular complexity index is 1110. The van der Waals surface area contributed by atoms with Gasteiger partial charge in [-0.1, -0.05) is 6.07 Å². The molecule has 0 amide bonds. The molecule has 0 saturated heterocycles. The first-order valence-electron chi connectivity index (χ1n) is 7.59. The van der Waals surface area contributed by atoms with Crippen LogP contribution in [0.5, 0.6) is 0 Å². The highest BCUT2D eigenvalue weighted by Crippen LogP contribution is 2.31. The van der Waals surface area contributed by atoms with Gasteiger partial charge >= 0.3 is 12.1 Å². The van der Waals surface area contributed by atoms with E-state index in [4.69, 9.17) is 5.73 Å². The molecule has 0 aliphatic heterocycles. The fraction of sp³-hybridized carbons (Fsp3) is 0.176. The van der Waals surface area contributed by atoms with Crippen LogP contribution < -0.4 is 11.3 Å². The van der Waals surface area contributed by atoms with Crippen molar-refractivity contribution in [3.05, 3.63) is 57.6 Å². The summed E-state index contributed by atoms with van der Waals surface area (Å²) < 4.78 is 44.7. The molecule has 3 heterocycles. The highest BCUT2D eigenvalue weighted by molar-refractivity contribution is 6.03. The van der Waals surface area contributed by atoms with E-state index >= 15 is 0 Å². The zero-order valence-corrected chi connectivity index (χ0v) is 14.2. The van der Waals surface area contributed by atoms with E-state index in [9.17, 15) is 22.8 Å². The van der Waals surface area contributed by atoms with Crippen molar-refractivity contribution < 1.29 is 22.7 Å². The van der Waals surface area contributed by atoms with Gasteiger partial charge in [-0.2, -0.15) is 13.2 Å². The van der Waals surface area contributed by atoms with Gasteiger partial charge in [-0.25, -0.2) is 19.3 Å². The SMILES string of the molecule is COC(=O)c1c(N)c2ccc(C(F)(F)F)nc2n(-c2ccc(C)cn2)c1=O. The highest BCUT2D eigenvalue weighted by Gasteiger charge is 2.34. The topological polar surface area (TPSA) is 100 Å². The molecule has 27 heavy (non-hydrogen) atoms. The van der Waals surface area contributed by atoms with E-state index in [0.717, 1.165) is 29.4 Å². The van der Waals surface area contributed by atoms with Gasteiger partial charge in [-0.05, 0) is 30.7 Å². The number of rotatable bonds is 2. The minimum atomic E-state index is -4.73. The Hall–Kier alpha value is -3.43. The molecule has 140 valence electrons. The summed E-state index contributed by atoms with van der Waals surface area (Å²) in [7, 11) is 1.06. The summed E-state index contributed by atoms with van der Waals surface area (Å²) in [5.41, 5.74) is 3.27. The number of hydrogen-bond donors (Lipinski definition) is 1. The molecular formula is C17H13F3N4O3. The van der Waals surface area contributed by atoms with Crippen LogP contribution in [-0.2, 0) is 10.9 Å². The van der Waals surface area contributed by atoms with E-state index < -0.39 is 29.0 Å². The number of pyridine rings is 3. The molecular weight excluding hydrogens is 365 g/mol. The second-order valence-corrected chi connectivity index (χ2v) is 5.68. The monoisotopic (exact) mass is 378 g/mol. The maximum atomic E-state index is 13.1. The van der Waals surface area contributed by atoms with Gasteiger partial charge in [0.1, 0.15) is 17.1 Å². The largest absolute Gasteiger partial charge is 0.465 e. The molecule has 0 unspecified atom stereocenters. The fourth-order valence-electron chi connectivity index (χ4n) is 2.55. The first kappa shape index (κ1) is 18.4. The molecule has 10 heteroatoms. The lowest BCUT2D eigenvalue weighted by molar-refractivity contribution is -0.141. The van der Waals surface area contributed by atoms with Gasteiger partial charge in [0.25, 0.3) is 5.56 Å². The molecule has 0 bridgehead atoms. The molecule has 0 atom stereocenters. The van der Waals surface area contributed by atoms with Gasteiger partial charge in [0.05, 0.1) is 12.8 Å². The smallest absolute Gasteiger partial charge is 0.433 e. The van der Waals surface area contributed by atoms with Crippen LogP contribution in [0.4, 0.5) is 18.9 Å². The number of carbonyl (C=O) groups excluding carboxylic acids is 1. The van der Waals surface area contributed by atoms with Crippen LogP contribution in [0, 0.1) is 6.92 Å². The molecule has 0 saturated carbocycles. The summed E-state index contributed by atoms with van der Waals surface area (Å²) in [5.74, 6) is -1.02. The summed E-state index contributed by atoms with van der Waals surface area (Å²) >= 11 is 0. The first-order valence-corrected chi connectivity index (χ1v) is 7.59. The average molecular weight is 378 g/mol. The van der Waals surface area contributed by atoms with Crippen molar-refractivity contribution in [2.45, 2.75) is 13.1 Å². The molecule has 3 aromatic rings. The normalized spacial score (nSPS) is 11.6. The number of hydrogen-bond acceptors (Lipinski definition) is 6. The van der Waals surface area contributed by atoms with Crippen molar-refractivity contribution in [1.29, 1.82) is 0 Å². The number of ether oxygens (including phenoxy) is 1. The van der Waals surface area contributed by atoms with Gasteiger partial charge in [0, 0.05) is 11.6 Å². The summed E-state index contributed by atoms with van der Waals surface area (Å²) in [6.45, 7) is 1.75. The molecule has 0 aliphatic carbocycles. The van der Waals surface area contributed by atoms with E-state index in [1.54, 1.807) is 13.0 Å². The number of methoxy groups -OCH3 is 1. The Morgan fingerprint density at radius 2 is 1.93 bits per heavy atom. The van der Waals surface area contributed by atoms with Crippen molar-refractivity contribution in [3.8, 4) is 5.82 Å². The molecule has 3 rings (SSSR count). The minimum Gasteiger partial charge on any atom is -0.465 e. The van der Waals surface area contributed by atoms with Gasteiger partial charge in [-0.15, -0.1) is 0 Å². The summed E-state index contributed by atoms with van der Waals surface area (Å²) in [5, 5.41) is -0.00891. The van der Waals surface area contributed by atoms with Crippen LogP contribution >= 0.6 is 0 Å². The number of esters is 1. The maximum absolute atomic E-state index is 13.1. The Kier molecular flexibility index (Phi) is 4.34. The third kappa shape index (κ3) is 3.09. The predicted molar refractivity (Wildman–Crippen MR) is 90.6 cm³/mol. The molecule has 3 aromatic heterocycles. The zero-order valence-electron chi connectivity index (χ0n) is 14.2. The number of carbonyl (C=O) groups is 1. The van der Waals surface area contributed by atoms with Gasteiger partial charge in [0.2, 0.25) is 0 Å². The number of aromatic nitrogens is 3.